The molecule has 0 radical (unpaired) electrons. The third-order valence-electron chi connectivity index (χ3n) is 3.41. The highest BCUT2D eigenvalue weighted by Crippen LogP contribution is 2.27. The van der Waals surface area contributed by atoms with Crippen LogP contribution in [-0.4, -0.2) is 34.5 Å². The molecule has 0 saturated carbocycles. The van der Waals surface area contributed by atoms with E-state index in [1.165, 1.54) is 12.8 Å². The molecule has 1 aromatic rings. The van der Waals surface area contributed by atoms with E-state index < -0.39 is 0 Å². The summed E-state index contributed by atoms with van der Waals surface area (Å²) in [5, 5.41) is 0. The van der Waals surface area contributed by atoms with Crippen LogP contribution in [0.15, 0.2) is 12.4 Å². The Morgan fingerprint density at radius 2 is 2.17 bits per heavy atom. The summed E-state index contributed by atoms with van der Waals surface area (Å²) in [4.78, 5) is 11.6. The van der Waals surface area contributed by atoms with Crippen LogP contribution in [0.2, 0.25) is 0 Å². The lowest BCUT2D eigenvalue weighted by Crippen LogP contribution is -2.36. The Hall–Kier alpha value is -0.840. The van der Waals surface area contributed by atoms with Crippen LogP contribution in [0.5, 0.6) is 5.88 Å². The first-order valence-electron chi connectivity index (χ1n) is 6.54. The molecule has 1 atom stereocenters. The maximum absolute atomic E-state index is 5.39. The van der Waals surface area contributed by atoms with Crippen LogP contribution in [0.25, 0.3) is 0 Å². The Balaban J connectivity index is 1.98. The predicted molar refractivity (Wildman–Crippen MR) is 76.5 cm³/mol. The fraction of sp³-hybridized carbons (Fsp3) is 0.692. The number of halogens is 1. The van der Waals surface area contributed by atoms with Gasteiger partial charge < -0.3 is 9.64 Å². The van der Waals surface area contributed by atoms with Crippen molar-refractivity contribution in [3.63, 3.8) is 0 Å². The van der Waals surface area contributed by atoms with E-state index in [2.05, 4.69) is 37.7 Å². The van der Waals surface area contributed by atoms with Gasteiger partial charge in [0, 0.05) is 17.9 Å². The van der Waals surface area contributed by atoms with Crippen LogP contribution in [-0.2, 0) is 0 Å². The van der Waals surface area contributed by atoms with Crippen molar-refractivity contribution in [2.75, 3.05) is 24.6 Å². The molecule has 1 unspecified atom stereocenters. The molecular weight excluding hydrogens is 294 g/mol. The number of anilines is 1. The second kappa shape index (κ2) is 6.36. The summed E-state index contributed by atoms with van der Waals surface area (Å²) in [6.45, 7) is 6.91. The van der Waals surface area contributed by atoms with Gasteiger partial charge in [-0.3, -0.25) is 4.98 Å². The quantitative estimate of drug-likeness (QED) is 0.801. The van der Waals surface area contributed by atoms with Gasteiger partial charge in [-0.1, -0.05) is 22.9 Å². The highest BCUT2D eigenvalue weighted by Gasteiger charge is 2.23. The molecule has 0 amide bonds. The molecule has 2 rings (SSSR count). The van der Waals surface area contributed by atoms with Gasteiger partial charge in [-0.2, -0.15) is 4.98 Å². The van der Waals surface area contributed by atoms with Crippen molar-refractivity contribution in [2.45, 2.75) is 31.5 Å². The van der Waals surface area contributed by atoms with E-state index in [0.29, 0.717) is 17.3 Å². The smallest absolute Gasteiger partial charge is 0.234 e. The van der Waals surface area contributed by atoms with Gasteiger partial charge in [0.1, 0.15) is 0 Å². The molecule has 0 aliphatic carbocycles. The predicted octanol–water partition coefficient (Wildman–Crippen LogP) is 2.88. The summed E-state index contributed by atoms with van der Waals surface area (Å²) in [5.74, 6) is 2.32. The number of nitrogens with zero attached hydrogens (tertiary/aromatic N) is 3. The Morgan fingerprint density at radius 1 is 1.44 bits per heavy atom. The van der Waals surface area contributed by atoms with Crippen LogP contribution < -0.4 is 9.64 Å². The second-order valence-electron chi connectivity index (χ2n) is 4.65. The zero-order valence-corrected chi connectivity index (χ0v) is 12.6. The summed E-state index contributed by atoms with van der Waals surface area (Å²) in [6, 6.07) is 0. The zero-order chi connectivity index (χ0) is 13.0. The Labute approximate surface area is 117 Å². The highest BCUT2D eigenvalue weighted by atomic mass is 79.9. The maximum atomic E-state index is 5.39. The molecule has 0 N–H and O–H groups in total. The van der Waals surface area contributed by atoms with E-state index in [4.69, 9.17) is 4.74 Å². The standard InChI is InChI=1S/C13H20BrN3O/c1-3-18-13-9-15-8-12(16-13)17-6-4-11(5-7-17)10(2)14/h8-11H,3-7H2,1-2H3. The third kappa shape index (κ3) is 3.34. The van der Waals surface area contributed by atoms with Gasteiger partial charge in [0.2, 0.25) is 5.88 Å². The molecule has 1 fully saturated rings. The maximum Gasteiger partial charge on any atom is 0.234 e. The molecular formula is C13H20BrN3O. The lowest BCUT2D eigenvalue weighted by molar-refractivity contribution is 0.324. The first-order valence-corrected chi connectivity index (χ1v) is 7.46. The van der Waals surface area contributed by atoms with Gasteiger partial charge >= 0.3 is 0 Å². The number of ether oxygens (including phenoxy) is 1. The fourth-order valence-electron chi connectivity index (χ4n) is 2.30. The monoisotopic (exact) mass is 313 g/mol. The molecule has 18 heavy (non-hydrogen) atoms. The molecule has 1 aliphatic rings. The minimum Gasteiger partial charge on any atom is -0.477 e. The molecule has 5 heteroatoms. The van der Waals surface area contributed by atoms with Crippen molar-refractivity contribution < 1.29 is 4.74 Å². The van der Waals surface area contributed by atoms with E-state index in [1.807, 2.05) is 13.1 Å². The molecule has 2 heterocycles. The summed E-state index contributed by atoms with van der Waals surface area (Å²) >= 11 is 3.68. The lowest BCUT2D eigenvalue weighted by Gasteiger charge is -2.33. The highest BCUT2D eigenvalue weighted by molar-refractivity contribution is 9.09. The average molecular weight is 314 g/mol. The number of alkyl halides is 1. The van der Waals surface area contributed by atoms with Crippen molar-refractivity contribution in [3.8, 4) is 5.88 Å². The number of piperidine rings is 1. The Kier molecular flexibility index (Phi) is 4.80. The van der Waals surface area contributed by atoms with Crippen LogP contribution in [0, 0.1) is 5.92 Å². The Morgan fingerprint density at radius 3 is 2.78 bits per heavy atom. The van der Waals surface area contributed by atoms with Crippen molar-refractivity contribution in [2.24, 2.45) is 5.92 Å². The molecule has 100 valence electrons. The molecule has 1 aromatic heterocycles. The van der Waals surface area contributed by atoms with Crippen molar-refractivity contribution in [3.05, 3.63) is 12.4 Å². The van der Waals surface area contributed by atoms with Gasteiger partial charge in [0.25, 0.3) is 0 Å². The molecule has 1 saturated heterocycles. The first kappa shape index (κ1) is 13.6. The first-order chi connectivity index (χ1) is 8.70. The van der Waals surface area contributed by atoms with Crippen LogP contribution in [0.1, 0.15) is 26.7 Å². The van der Waals surface area contributed by atoms with Crippen molar-refractivity contribution >= 4 is 21.7 Å². The second-order valence-corrected chi connectivity index (χ2v) is 6.09. The molecule has 0 bridgehead atoms. The van der Waals surface area contributed by atoms with Gasteiger partial charge in [0.05, 0.1) is 19.0 Å². The van der Waals surface area contributed by atoms with E-state index in [0.717, 1.165) is 24.8 Å². The van der Waals surface area contributed by atoms with Crippen LogP contribution >= 0.6 is 15.9 Å². The van der Waals surface area contributed by atoms with Gasteiger partial charge in [-0.05, 0) is 25.7 Å². The van der Waals surface area contributed by atoms with Crippen molar-refractivity contribution in [1.82, 2.24) is 9.97 Å². The average Bonchev–Trinajstić information content (AvgIpc) is 2.39. The summed E-state index contributed by atoms with van der Waals surface area (Å²) < 4.78 is 5.39. The topological polar surface area (TPSA) is 38.2 Å². The third-order valence-corrected chi connectivity index (χ3v) is 4.15. The zero-order valence-electron chi connectivity index (χ0n) is 11.0. The van der Waals surface area contributed by atoms with E-state index in [9.17, 15) is 0 Å². The van der Waals surface area contributed by atoms with Gasteiger partial charge in [0.15, 0.2) is 5.82 Å². The minimum atomic E-state index is 0.598. The molecule has 0 aromatic carbocycles. The summed E-state index contributed by atoms with van der Waals surface area (Å²) in [6.07, 6.45) is 5.89. The minimum absolute atomic E-state index is 0.598. The van der Waals surface area contributed by atoms with Crippen LogP contribution in [0.4, 0.5) is 5.82 Å². The number of rotatable bonds is 4. The number of hydrogen-bond donors (Lipinski definition) is 0. The van der Waals surface area contributed by atoms with E-state index in [1.54, 1.807) is 6.20 Å². The molecule has 4 nitrogen and oxygen atoms in total. The van der Waals surface area contributed by atoms with Gasteiger partial charge in [-0.15, -0.1) is 0 Å². The number of aromatic nitrogens is 2. The van der Waals surface area contributed by atoms with Gasteiger partial charge in [-0.25, -0.2) is 0 Å². The Bertz CT molecular complexity index is 378. The normalized spacial score (nSPS) is 18.7. The largest absolute Gasteiger partial charge is 0.477 e. The SMILES string of the molecule is CCOc1cncc(N2CCC(C(C)Br)CC2)n1. The lowest BCUT2D eigenvalue weighted by atomic mass is 9.94. The molecule has 0 spiro atoms. The van der Waals surface area contributed by atoms with E-state index in [-0.39, 0.29) is 0 Å². The van der Waals surface area contributed by atoms with Crippen LogP contribution in [0.3, 0.4) is 0 Å². The van der Waals surface area contributed by atoms with E-state index >= 15 is 0 Å². The number of hydrogen-bond acceptors (Lipinski definition) is 4. The summed E-state index contributed by atoms with van der Waals surface area (Å²) in [7, 11) is 0. The summed E-state index contributed by atoms with van der Waals surface area (Å²) in [5.41, 5.74) is 0. The van der Waals surface area contributed by atoms with Crippen molar-refractivity contribution in [1.29, 1.82) is 0 Å². The molecule has 1 aliphatic heterocycles. The fourth-order valence-corrected chi connectivity index (χ4v) is 2.82.